The van der Waals surface area contributed by atoms with Crippen LogP contribution >= 0.6 is 0 Å². The van der Waals surface area contributed by atoms with Crippen LogP contribution in [0, 0.1) is 0 Å². The Hall–Kier alpha value is -1.92. The van der Waals surface area contributed by atoms with E-state index in [4.69, 9.17) is 9.47 Å². The van der Waals surface area contributed by atoms with Crippen LogP contribution in [-0.4, -0.2) is 25.0 Å². The smallest absolute Gasteiger partial charge is 0.493 e. The van der Waals surface area contributed by atoms with Crippen LogP contribution in [0.1, 0.15) is 31.1 Å². The van der Waals surface area contributed by atoms with Crippen molar-refractivity contribution in [3.63, 3.8) is 0 Å². The Morgan fingerprint density at radius 1 is 1.10 bits per heavy atom. The molecule has 0 aliphatic carbocycles. The van der Waals surface area contributed by atoms with Crippen molar-refractivity contribution in [3.05, 3.63) is 23.8 Å². The van der Waals surface area contributed by atoms with Crippen molar-refractivity contribution in [2.75, 3.05) is 7.11 Å². The van der Waals surface area contributed by atoms with Crippen LogP contribution in [0.15, 0.2) is 18.2 Å². The maximum atomic E-state index is 12.2. The zero-order chi connectivity index (χ0) is 15.6. The number of benzene rings is 1. The minimum Gasteiger partial charge on any atom is -0.493 e. The highest BCUT2D eigenvalue weighted by molar-refractivity contribution is 5.90. The van der Waals surface area contributed by atoms with Crippen LogP contribution in [0.25, 0.3) is 0 Å². The Kier molecular flexibility index (Phi) is 4.52. The molecule has 0 aromatic heterocycles. The molecule has 4 nitrogen and oxygen atoms in total. The number of ether oxygens (including phenoxy) is 3. The lowest BCUT2D eigenvalue weighted by atomic mass is 10.1. The highest BCUT2D eigenvalue weighted by Gasteiger charge is 2.32. The van der Waals surface area contributed by atoms with E-state index in [0.29, 0.717) is 0 Å². The van der Waals surface area contributed by atoms with E-state index in [2.05, 4.69) is 4.74 Å². The topological polar surface area (TPSA) is 44.8 Å². The quantitative estimate of drug-likeness (QED) is 0.799. The molecule has 0 aliphatic rings. The Bertz CT molecular complexity index is 489. The van der Waals surface area contributed by atoms with Gasteiger partial charge in [0.25, 0.3) is 0 Å². The van der Waals surface area contributed by atoms with E-state index < -0.39 is 23.7 Å². The van der Waals surface area contributed by atoms with Crippen molar-refractivity contribution in [3.8, 4) is 11.5 Å². The second-order valence-corrected chi connectivity index (χ2v) is 4.92. The van der Waals surface area contributed by atoms with Gasteiger partial charge in [-0.25, -0.2) is 4.79 Å². The van der Waals surface area contributed by atoms with E-state index in [1.807, 2.05) is 0 Å². The van der Waals surface area contributed by atoms with Gasteiger partial charge in [-0.2, -0.15) is 0 Å². The third-order valence-electron chi connectivity index (χ3n) is 2.02. The normalized spacial score (nSPS) is 11.9. The van der Waals surface area contributed by atoms with Gasteiger partial charge < -0.3 is 14.2 Å². The van der Waals surface area contributed by atoms with Gasteiger partial charge in [0, 0.05) is 0 Å². The van der Waals surface area contributed by atoms with Crippen LogP contribution in [0.2, 0.25) is 0 Å². The summed E-state index contributed by atoms with van der Waals surface area (Å²) in [5, 5.41) is 0. The van der Waals surface area contributed by atoms with E-state index in [9.17, 15) is 18.0 Å². The summed E-state index contributed by atoms with van der Waals surface area (Å²) >= 11 is 0. The lowest BCUT2D eigenvalue weighted by molar-refractivity contribution is -0.275. The molecule has 0 fully saturated rings. The van der Waals surface area contributed by atoms with Crippen LogP contribution in [-0.2, 0) is 4.74 Å². The summed E-state index contributed by atoms with van der Waals surface area (Å²) in [7, 11) is 1.18. The molecule has 7 heteroatoms. The lowest BCUT2D eigenvalue weighted by Crippen LogP contribution is -2.24. The van der Waals surface area contributed by atoms with E-state index in [1.54, 1.807) is 20.8 Å². The SMILES string of the molecule is COc1cc(C(=O)OC(C)(C)C)ccc1OC(F)(F)F. The molecule has 0 atom stereocenters. The van der Waals surface area contributed by atoms with E-state index in [0.717, 1.165) is 12.1 Å². The lowest BCUT2D eigenvalue weighted by Gasteiger charge is -2.20. The molecule has 1 aromatic rings. The number of hydrogen-bond acceptors (Lipinski definition) is 4. The number of carbonyl (C=O) groups is 1. The summed E-state index contributed by atoms with van der Waals surface area (Å²) in [5.41, 5.74) is -0.628. The molecule has 0 bridgehead atoms. The fraction of sp³-hybridized carbons (Fsp3) is 0.462. The molecule has 112 valence electrons. The molecule has 0 N–H and O–H groups in total. The first kappa shape index (κ1) is 16.1. The van der Waals surface area contributed by atoms with Gasteiger partial charge in [0.1, 0.15) is 5.60 Å². The first-order valence-corrected chi connectivity index (χ1v) is 5.69. The average molecular weight is 292 g/mol. The van der Waals surface area contributed by atoms with E-state index in [-0.39, 0.29) is 11.3 Å². The Morgan fingerprint density at radius 2 is 1.70 bits per heavy atom. The Labute approximate surface area is 114 Å². The molecule has 0 saturated heterocycles. The Morgan fingerprint density at radius 3 is 2.15 bits per heavy atom. The molecule has 0 saturated carbocycles. The van der Waals surface area contributed by atoms with Crippen LogP contribution < -0.4 is 9.47 Å². The highest BCUT2D eigenvalue weighted by Crippen LogP contribution is 2.33. The molecule has 1 rings (SSSR count). The Balaban J connectivity index is 3.01. The number of halogens is 3. The number of rotatable bonds is 3. The fourth-order valence-electron chi connectivity index (χ4n) is 1.34. The summed E-state index contributed by atoms with van der Waals surface area (Å²) < 4.78 is 50.2. The van der Waals surface area contributed by atoms with Crippen LogP contribution in [0.5, 0.6) is 11.5 Å². The maximum Gasteiger partial charge on any atom is 0.573 e. The summed E-state index contributed by atoms with van der Waals surface area (Å²) in [6.07, 6.45) is -4.83. The molecular weight excluding hydrogens is 277 g/mol. The first-order valence-electron chi connectivity index (χ1n) is 5.69. The van der Waals surface area contributed by atoms with Gasteiger partial charge in [-0.05, 0) is 39.0 Å². The highest BCUT2D eigenvalue weighted by atomic mass is 19.4. The monoisotopic (exact) mass is 292 g/mol. The van der Waals surface area contributed by atoms with Crippen molar-refractivity contribution in [1.82, 2.24) is 0 Å². The zero-order valence-corrected chi connectivity index (χ0v) is 11.5. The standard InChI is InChI=1S/C13H15F3O4/c1-12(2,3)20-11(17)8-5-6-9(10(7-8)18-4)19-13(14,15)16/h5-7H,1-4H3. The maximum absolute atomic E-state index is 12.2. The van der Waals surface area contributed by atoms with E-state index >= 15 is 0 Å². The largest absolute Gasteiger partial charge is 0.573 e. The van der Waals surface area contributed by atoms with Crippen molar-refractivity contribution in [2.24, 2.45) is 0 Å². The van der Waals surface area contributed by atoms with Gasteiger partial charge in [-0.15, -0.1) is 13.2 Å². The van der Waals surface area contributed by atoms with Gasteiger partial charge in [-0.3, -0.25) is 0 Å². The number of methoxy groups -OCH3 is 1. The molecule has 0 unspecified atom stereocenters. The van der Waals surface area contributed by atoms with Crippen LogP contribution in [0.3, 0.4) is 0 Å². The first-order chi connectivity index (χ1) is 9.02. The van der Waals surface area contributed by atoms with Crippen molar-refractivity contribution >= 4 is 5.97 Å². The second kappa shape index (κ2) is 5.60. The van der Waals surface area contributed by atoms with Crippen molar-refractivity contribution < 1.29 is 32.2 Å². The molecule has 0 spiro atoms. The third-order valence-corrected chi connectivity index (χ3v) is 2.02. The predicted octanol–water partition coefficient (Wildman–Crippen LogP) is 3.55. The van der Waals surface area contributed by atoms with Crippen molar-refractivity contribution in [1.29, 1.82) is 0 Å². The molecule has 20 heavy (non-hydrogen) atoms. The van der Waals surface area contributed by atoms with Gasteiger partial charge in [-0.1, -0.05) is 0 Å². The molecule has 0 amide bonds. The minimum absolute atomic E-state index is 0.0753. The second-order valence-electron chi connectivity index (χ2n) is 4.92. The molecule has 0 radical (unpaired) electrons. The predicted molar refractivity (Wildman–Crippen MR) is 64.8 cm³/mol. The van der Waals surface area contributed by atoms with Crippen molar-refractivity contribution in [2.45, 2.75) is 32.7 Å². The van der Waals surface area contributed by atoms with Gasteiger partial charge in [0.15, 0.2) is 11.5 Å². The summed E-state index contributed by atoms with van der Waals surface area (Å²) in [4.78, 5) is 11.8. The average Bonchev–Trinajstić information content (AvgIpc) is 2.25. The van der Waals surface area contributed by atoms with E-state index in [1.165, 1.54) is 13.2 Å². The van der Waals surface area contributed by atoms with Crippen LogP contribution in [0.4, 0.5) is 13.2 Å². The number of carbonyl (C=O) groups excluding carboxylic acids is 1. The zero-order valence-electron chi connectivity index (χ0n) is 11.5. The third kappa shape index (κ3) is 4.99. The van der Waals surface area contributed by atoms with Gasteiger partial charge in [0.05, 0.1) is 12.7 Å². The molecular formula is C13H15F3O4. The molecule has 0 heterocycles. The molecule has 1 aromatic carbocycles. The fourth-order valence-corrected chi connectivity index (χ4v) is 1.34. The number of esters is 1. The van der Waals surface area contributed by atoms with Gasteiger partial charge in [0.2, 0.25) is 0 Å². The number of alkyl halides is 3. The number of hydrogen-bond donors (Lipinski definition) is 0. The molecule has 0 aliphatic heterocycles. The minimum atomic E-state index is -4.83. The summed E-state index contributed by atoms with van der Waals surface area (Å²) in [6.45, 7) is 5.05. The summed E-state index contributed by atoms with van der Waals surface area (Å²) in [5.74, 6) is -1.38. The van der Waals surface area contributed by atoms with Gasteiger partial charge >= 0.3 is 12.3 Å². The summed E-state index contributed by atoms with van der Waals surface area (Å²) in [6, 6.07) is 3.32.